The number of hydrogen-bond acceptors (Lipinski definition) is 2. The van der Waals surface area contributed by atoms with Crippen LogP contribution in [0.3, 0.4) is 0 Å². The van der Waals surface area contributed by atoms with Crippen molar-refractivity contribution in [2.24, 2.45) is 0 Å². The molecule has 2 aromatic carbocycles. The van der Waals surface area contributed by atoms with Crippen LogP contribution in [0.4, 0.5) is 4.39 Å². The van der Waals surface area contributed by atoms with Crippen molar-refractivity contribution in [1.29, 1.82) is 0 Å². The normalized spacial score (nSPS) is 11.2. The van der Waals surface area contributed by atoms with Gasteiger partial charge < -0.3 is 10.3 Å². The first-order valence-electron chi connectivity index (χ1n) is 7.05. The smallest absolute Gasteiger partial charge is 0.133 e. The molecular formula is C17H16ClFN2S. The standard InChI is InChI=1S/C17H16ClFN2S/c1-20-8-7-11-9-12(18)5-6-15(11)22-16-10-21-14-4-2-3-13(19)17(14)16/h2-6,9-10,20-21H,7-8H2,1H3. The van der Waals surface area contributed by atoms with Gasteiger partial charge in [-0.15, -0.1) is 0 Å². The first-order valence-corrected chi connectivity index (χ1v) is 8.25. The fourth-order valence-electron chi connectivity index (χ4n) is 2.41. The third-order valence-electron chi connectivity index (χ3n) is 3.51. The first-order chi connectivity index (χ1) is 10.7. The highest BCUT2D eigenvalue weighted by atomic mass is 35.5. The van der Waals surface area contributed by atoms with Gasteiger partial charge in [0.15, 0.2) is 0 Å². The molecule has 0 radical (unpaired) electrons. The maximum Gasteiger partial charge on any atom is 0.133 e. The lowest BCUT2D eigenvalue weighted by Crippen LogP contribution is -2.10. The summed E-state index contributed by atoms with van der Waals surface area (Å²) in [4.78, 5) is 5.11. The minimum atomic E-state index is -0.202. The van der Waals surface area contributed by atoms with E-state index in [0.717, 1.165) is 38.9 Å². The number of rotatable bonds is 5. The minimum absolute atomic E-state index is 0.202. The molecular weight excluding hydrogens is 319 g/mol. The molecule has 2 N–H and O–H groups in total. The van der Waals surface area contributed by atoms with Crippen LogP contribution in [0.15, 0.2) is 52.4 Å². The summed E-state index contributed by atoms with van der Waals surface area (Å²) in [6.07, 6.45) is 2.74. The van der Waals surface area contributed by atoms with E-state index in [1.807, 2.05) is 37.5 Å². The zero-order chi connectivity index (χ0) is 15.5. The number of aromatic nitrogens is 1. The Hall–Kier alpha value is -1.49. The van der Waals surface area contributed by atoms with Crippen LogP contribution in [0.2, 0.25) is 5.02 Å². The van der Waals surface area contributed by atoms with Gasteiger partial charge in [0.05, 0.1) is 0 Å². The Labute approximate surface area is 138 Å². The van der Waals surface area contributed by atoms with Gasteiger partial charge in [-0.05, 0) is 55.9 Å². The molecule has 0 atom stereocenters. The molecule has 0 aliphatic rings. The van der Waals surface area contributed by atoms with E-state index in [9.17, 15) is 4.39 Å². The van der Waals surface area contributed by atoms with Crippen molar-refractivity contribution in [3.05, 3.63) is 59.0 Å². The third-order valence-corrected chi connectivity index (χ3v) is 4.90. The molecule has 3 rings (SSSR count). The van der Waals surface area contributed by atoms with Gasteiger partial charge in [0.25, 0.3) is 0 Å². The fraction of sp³-hybridized carbons (Fsp3) is 0.176. The molecule has 0 spiro atoms. The fourth-order valence-corrected chi connectivity index (χ4v) is 3.70. The largest absolute Gasteiger partial charge is 0.360 e. The van der Waals surface area contributed by atoms with Crippen LogP contribution in [0.5, 0.6) is 0 Å². The lowest BCUT2D eigenvalue weighted by Gasteiger charge is -2.09. The Balaban J connectivity index is 1.98. The number of aromatic amines is 1. The molecule has 0 unspecified atom stereocenters. The van der Waals surface area contributed by atoms with Crippen LogP contribution in [0.1, 0.15) is 5.56 Å². The van der Waals surface area contributed by atoms with Gasteiger partial charge in [0.2, 0.25) is 0 Å². The molecule has 5 heteroatoms. The van der Waals surface area contributed by atoms with Crippen LogP contribution in [0.25, 0.3) is 10.9 Å². The lowest BCUT2D eigenvalue weighted by atomic mass is 10.1. The Kier molecular flexibility index (Phi) is 4.71. The summed E-state index contributed by atoms with van der Waals surface area (Å²) >= 11 is 7.67. The van der Waals surface area contributed by atoms with Gasteiger partial charge in [-0.2, -0.15) is 0 Å². The number of halogens is 2. The second kappa shape index (κ2) is 6.73. The maximum absolute atomic E-state index is 14.1. The molecule has 0 amide bonds. The van der Waals surface area contributed by atoms with E-state index in [2.05, 4.69) is 10.3 Å². The molecule has 1 heterocycles. The number of H-pyrrole nitrogens is 1. The molecule has 0 fully saturated rings. The summed E-state index contributed by atoms with van der Waals surface area (Å²) in [6, 6.07) is 10.9. The van der Waals surface area contributed by atoms with Gasteiger partial charge in [-0.25, -0.2) is 4.39 Å². The van der Waals surface area contributed by atoms with Crippen LogP contribution >= 0.6 is 23.4 Å². The van der Waals surface area contributed by atoms with Crippen molar-refractivity contribution in [1.82, 2.24) is 10.3 Å². The lowest BCUT2D eigenvalue weighted by molar-refractivity contribution is 0.638. The van der Waals surface area contributed by atoms with E-state index in [-0.39, 0.29) is 5.82 Å². The number of fused-ring (bicyclic) bond motifs is 1. The number of hydrogen-bond donors (Lipinski definition) is 2. The molecule has 0 saturated carbocycles. The van der Waals surface area contributed by atoms with E-state index in [4.69, 9.17) is 11.6 Å². The minimum Gasteiger partial charge on any atom is -0.360 e. The second-order valence-corrected chi connectivity index (χ2v) is 6.54. The summed E-state index contributed by atoms with van der Waals surface area (Å²) in [5.74, 6) is -0.202. The van der Waals surface area contributed by atoms with E-state index in [1.54, 1.807) is 17.8 Å². The molecule has 1 aromatic heterocycles. The van der Waals surface area contributed by atoms with Gasteiger partial charge in [0.1, 0.15) is 5.82 Å². The highest BCUT2D eigenvalue weighted by Crippen LogP contribution is 2.37. The van der Waals surface area contributed by atoms with E-state index in [1.165, 1.54) is 6.07 Å². The Morgan fingerprint density at radius 1 is 1.23 bits per heavy atom. The zero-order valence-corrected chi connectivity index (χ0v) is 13.7. The Morgan fingerprint density at radius 3 is 2.91 bits per heavy atom. The molecule has 114 valence electrons. The van der Waals surface area contributed by atoms with Gasteiger partial charge in [-0.1, -0.05) is 29.4 Å². The zero-order valence-electron chi connectivity index (χ0n) is 12.1. The van der Waals surface area contributed by atoms with Crippen molar-refractivity contribution in [2.75, 3.05) is 13.6 Å². The monoisotopic (exact) mass is 334 g/mol. The van der Waals surface area contributed by atoms with Crippen molar-refractivity contribution >= 4 is 34.3 Å². The summed E-state index contributed by atoms with van der Waals surface area (Å²) in [7, 11) is 1.92. The number of nitrogens with one attached hydrogen (secondary N) is 2. The highest BCUT2D eigenvalue weighted by molar-refractivity contribution is 7.99. The molecule has 0 bridgehead atoms. The van der Waals surface area contributed by atoms with Crippen molar-refractivity contribution in [2.45, 2.75) is 16.2 Å². The Bertz CT molecular complexity index is 800. The summed E-state index contributed by atoms with van der Waals surface area (Å²) in [5.41, 5.74) is 1.98. The van der Waals surface area contributed by atoms with Gasteiger partial charge in [0, 0.05) is 31.9 Å². The average Bonchev–Trinajstić information content (AvgIpc) is 2.92. The van der Waals surface area contributed by atoms with Gasteiger partial charge in [-0.3, -0.25) is 0 Å². The molecule has 3 aromatic rings. The Morgan fingerprint density at radius 2 is 2.09 bits per heavy atom. The summed E-state index contributed by atoms with van der Waals surface area (Å²) in [5, 5.41) is 4.51. The van der Waals surface area contributed by atoms with Crippen molar-refractivity contribution in [3.8, 4) is 0 Å². The molecule has 0 aliphatic heterocycles. The molecule has 22 heavy (non-hydrogen) atoms. The van der Waals surface area contributed by atoms with Crippen molar-refractivity contribution < 1.29 is 4.39 Å². The highest BCUT2D eigenvalue weighted by Gasteiger charge is 2.12. The number of benzene rings is 2. The van der Waals surface area contributed by atoms with E-state index >= 15 is 0 Å². The predicted octanol–water partition coefficient (Wildman–Crippen LogP) is 4.87. The van der Waals surface area contributed by atoms with Crippen LogP contribution in [0, 0.1) is 5.82 Å². The SMILES string of the molecule is CNCCc1cc(Cl)ccc1Sc1c[nH]c2cccc(F)c12. The van der Waals surface area contributed by atoms with E-state index in [0.29, 0.717) is 5.39 Å². The van der Waals surface area contributed by atoms with Crippen molar-refractivity contribution in [3.63, 3.8) is 0 Å². The first kappa shape index (κ1) is 15.4. The number of likely N-dealkylation sites (N-methyl/N-ethyl adjacent to an activating group) is 1. The van der Waals surface area contributed by atoms with Crippen LogP contribution < -0.4 is 5.32 Å². The van der Waals surface area contributed by atoms with Crippen LogP contribution in [-0.2, 0) is 6.42 Å². The van der Waals surface area contributed by atoms with E-state index < -0.39 is 0 Å². The summed E-state index contributed by atoms with van der Waals surface area (Å²) < 4.78 is 14.1. The molecule has 2 nitrogen and oxygen atoms in total. The average molecular weight is 335 g/mol. The third kappa shape index (κ3) is 3.14. The van der Waals surface area contributed by atoms with Crippen LogP contribution in [-0.4, -0.2) is 18.6 Å². The second-order valence-electron chi connectivity index (χ2n) is 5.02. The summed E-state index contributed by atoms with van der Waals surface area (Å²) in [6.45, 7) is 0.871. The quantitative estimate of drug-likeness (QED) is 0.696. The molecule has 0 saturated heterocycles. The molecule has 0 aliphatic carbocycles. The maximum atomic E-state index is 14.1. The topological polar surface area (TPSA) is 27.8 Å². The predicted molar refractivity (Wildman–Crippen MR) is 91.5 cm³/mol. The van der Waals surface area contributed by atoms with Gasteiger partial charge >= 0.3 is 0 Å².